The number of carbonyl (C=O) groups is 2. The zero-order valence-corrected chi connectivity index (χ0v) is 17.3. The van der Waals surface area contributed by atoms with Crippen molar-refractivity contribution in [1.29, 1.82) is 0 Å². The fraction of sp³-hybridized carbons (Fsp3) is 0.556. The average Bonchev–Trinajstić information content (AvgIpc) is 2.53. The average molecular weight is 429 g/mol. The second kappa shape index (κ2) is 8.94. The van der Waals surface area contributed by atoms with Crippen LogP contribution in [0, 0.1) is 0 Å². The lowest BCUT2D eigenvalue weighted by atomic mass is 10.1. The molecule has 5 nitrogen and oxygen atoms in total. The van der Waals surface area contributed by atoms with E-state index >= 15 is 0 Å². The molecular formula is C18H25BrN2O3S. The maximum atomic E-state index is 12.3. The number of likely N-dealkylation sites (tertiary alicyclic amines) is 1. The monoisotopic (exact) mass is 428 g/mol. The Morgan fingerprint density at radius 1 is 1.24 bits per heavy atom. The van der Waals surface area contributed by atoms with Gasteiger partial charge in [-0.3, -0.25) is 4.79 Å². The van der Waals surface area contributed by atoms with Crippen LogP contribution in [0.15, 0.2) is 33.6 Å². The summed E-state index contributed by atoms with van der Waals surface area (Å²) in [5, 5.41) is 2.89. The molecule has 138 valence electrons. The highest BCUT2D eigenvalue weighted by Gasteiger charge is 2.25. The van der Waals surface area contributed by atoms with Crippen LogP contribution in [0.2, 0.25) is 0 Å². The first-order valence-corrected chi connectivity index (χ1v) is 10.2. The van der Waals surface area contributed by atoms with Gasteiger partial charge in [0, 0.05) is 28.5 Å². The number of thioether (sulfide) groups is 1. The molecule has 1 N–H and O–H groups in total. The molecule has 0 atom stereocenters. The summed E-state index contributed by atoms with van der Waals surface area (Å²) in [6, 6.07) is 8.01. The number of nitrogens with zero attached hydrogens (tertiary/aromatic N) is 1. The summed E-state index contributed by atoms with van der Waals surface area (Å²) in [4.78, 5) is 27.1. The molecule has 1 heterocycles. The molecule has 2 amide bonds. The third kappa shape index (κ3) is 7.28. The molecule has 0 radical (unpaired) electrons. The molecule has 1 saturated heterocycles. The summed E-state index contributed by atoms with van der Waals surface area (Å²) in [5.41, 5.74) is -0.495. The Labute approximate surface area is 162 Å². The fourth-order valence-electron chi connectivity index (χ4n) is 2.51. The van der Waals surface area contributed by atoms with E-state index in [9.17, 15) is 9.59 Å². The lowest BCUT2D eigenvalue weighted by Gasteiger charge is -2.32. The molecule has 2 rings (SSSR count). The number of rotatable bonds is 4. The smallest absolute Gasteiger partial charge is 0.407 e. The number of carbonyl (C=O) groups excluding carboxylic acids is 2. The van der Waals surface area contributed by atoms with Crippen molar-refractivity contribution < 1.29 is 14.3 Å². The normalized spacial score (nSPS) is 15.8. The van der Waals surface area contributed by atoms with E-state index in [4.69, 9.17) is 4.74 Å². The molecule has 1 aromatic rings. The standard InChI is InChI=1S/C18H25BrN2O3S/c1-18(2,3)24-17(23)20-14-8-10-21(11-9-14)16(22)12-25-15-6-4-13(19)5-7-15/h4-7,14H,8-12H2,1-3H3,(H,20,23). The molecule has 0 aromatic heterocycles. The van der Waals surface area contributed by atoms with Gasteiger partial charge in [-0.2, -0.15) is 0 Å². The van der Waals surface area contributed by atoms with Gasteiger partial charge in [0.2, 0.25) is 5.91 Å². The molecule has 0 spiro atoms. The highest BCUT2D eigenvalue weighted by Crippen LogP contribution is 2.22. The molecule has 1 aliphatic heterocycles. The summed E-state index contributed by atoms with van der Waals surface area (Å²) in [6.45, 7) is 6.87. The molecule has 0 bridgehead atoms. The third-order valence-corrected chi connectivity index (χ3v) is 5.27. The number of hydrogen-bond donors (Lipinski definition) is 1. The number of benzene rings is 1. The summed E-state index contributed by atoms with van der Waals surface area (Å²) in [7, 11) is 0. The van der Waals surface area contributed by atoms with Crippen LogP contribution in [-0.4, -0.2) is 47.4 Å². The van der Waals surface area contributed by atoms with E-state index in [0.717, 1.165) is 22.2 Å². The topological polar surface area (TPSA) is 58.6 Å². The lowest BCUT2D eigenvalue weighted by molar-refractivity contribution is -0.129. The van der Waals surface area contributed by atoms with Gasteiger partial charge in [0.1, 0.15) is 5.60 Å². The second-order valence-electron chi connectivity index (χ2n) is 7.04. The molecule has 1 fully saturated rings. The van der Waals surface area contributed by atoms with Crippen molar-refractivity contribution in [2.75, 3.05) is 18.8 Å². The zero-order valence-electron chi connectivity index (χ0n) is 14.9. The van der Waals surface area contributed by atoms with Crippen molar-refractivity contribution in [2.24, 2.45) is 0 Å². The van der Waals surface area contributed by atoms with Gasteiger partial charge in [0.25, 0.3) is 0 Å². The minimum atomic E-state index is -0.495. The van der Waals surface area contributed by atoms with Crippen LogP contribution in [0.3, 0.4) is 0 Å². The zero-order chi connectivity index (χ0) is 18.4. The number of ether oxygens (including phenoxy) is 1. The van der Waals surface area contributed by atoms with Gasteiger partial charge in [-0.15, -0.1) is 11.8 Å². The van der Waals surface area contributed by atoms with Gasteiger partial charge in [0.15, 0.2) is 0 Å². The van der Waals surface area contributed by atoms with Crippen molar-refractivity contribution >= 4 is 39.7 Å². The first-order valence-electron chi connectivity index (χ1n) is 8.38. The Balaban J connectivity index is 1.71. The van der Waals surface area contributed by atoms with Gasteiger partial charge in [0.05, 0.1) is 5.75 Å². The number of alkyl carbamates (subject to hydrolysis) is 1. The summed E-state index contributed by atoms with van der Waals surface area (Å²) in [6.07, 6.45) is 1.13. The van der Waals surface area contributed by atoms with Crippen LogP contribution < -0.4 is 5.32 Å². The van der Waals surface area contributed by atoms with Crippen molar-refractivity contribution in [1.82, 2.24) is 10.2 Å². The minimum absolute atomic E-state index is 0.0676. The summed E-state index contributed by atoms with van der Waals surface area (Å²) >= 11 is 4.95. The van der Waals surface area contributed by atoms with Gasteiger partial charge >= 0.3 is 6.09 Å². The van der Waals surface area contributed by atoms with Gasteiger partial charge in [-0.25, -0.2) is 4.79 Å². The third-order valence-electron chi connectivity index (χ3n) is 3.74. The van der Waals surface area contributed by atoms with E-state index < -0.39 is 5.60 Å². The number of halogens is 1. The summed E-state index contributed by atoms with van der Waals surface area (Å²) < 4.78 is 6.30. The van der Waals surface area contributed by atoms with Crippen LogP contribution >= 0.6 is 27.7 Å². The predicted molar refractivity (Wildman–Crippen MR) is 104 cm³/mol. The molecule has 0 saturated carbocycles. The maximum absolute atomic E-state index is 12.3. The molecule has 1 aliphatic rings. The van der Waals surface area contributed by atoms with E-state index in [1.807, 2.05) is 49.9 Å². The fourth-order valence-corrected chi connectivity index (χ4v) is 3.58. The van der Waals surface area contributed by atoms with Gasteiger partial charge in [-0.1, -0.05) is 15.9 Å². The number of nitrogens with one attached hydrogen (secondary N) is 1. The highest BCUT2D eigenvalue weighted by atomic mass is 79.9. The molecule has 1 aromatic carbocycles. The van der Waals surface area contributed by atoms with E-state index in [1.54, 1.807) is 11.8 Å². The quantitative estimate of drug-likeness (QED) is 0.734. The summed E-state index contributed by atoms with van der Waals surface area (Å²) in [5.74, 6) is 0.579. The molecule has 25 heavy (non-hydrogen) atoms. The van der Waals surface area contributed by atoms with Crippen molar-refractivity contribution in [3.63, 3.8) is 0 Å². The van der Waals surface area contributed by atoms with E-state index in [-0.39, 0.29) is 18.0 Å². The van der Waals surface area contributed by atoms with Gasteiger partial charge < -0.3 is 15.0 Å². The first kappa shape index (κ1) is 20.1. The largest absolute Gasteiger partial charge is 0.444 e. The Kier molecular flexibility index (Phi) is 7.19. The van der Waals surface area contributed by atoms with Crippen molar-refractivity contribution in [2.45, 2.75) is 50.2 Å². The minimum Gasteiger partial charge on any atom is -0.444 e. The van der Waals surface area contributed by atoms with Crippen LogP contribution in [0.5, 0.6) is 0 Å². The van der Waals surface area contributed by atoms with E-state index in [1.165, 1.54) is 0 Å². The number of piperidine rings is 1. The van der Waals surface area contributed by atoms with Crippen LogP contribution in [-0.2, 0) is 9.53 Å². The van der Waals surface area contributed by atoms with Crippen LogP contribution in [0.4, 0.5) is 4.79 Å². The van der Waals surface area contributed by atoms with E-state index in [0.29, 0.717) is 18.8 Å². The second-order valence-corrected chi connectivity index (χ2v) is 9.01. The van der Waals surface area contributed by atoms with Crippen molar-refractivity contribution in [3.05, 3.63) is 28.7 Å². The highest BCUT2D eigenvalue weighted by molar-refractivity contribution is 9.10. The Morgan fingerprint density at radius 3 is 2.40 bits per heavy atom. The molecule has 0 unspecified atom stereocenters. The Bertz CT molecular complexity index is 593. The Hall–Kier alpha value is -1.21. The van der Waals surface area contributed by atoms with Crippen LogP contribution in [0.1, 0.15) is 33.6 Å². The predicted octanol–water partition coefficient (Wildman–Crippen LogP) is 4.06. The number of hydrogen-bond acceptors (Lipinski definition) is 4. The lowest BCUT2D eigenvalue weighted by Crippen LogP contribution is -2.48. The molecular weight excluding hydrogens is 404 g/mol. The maximum Gasteiger partial charge on any atom is 0.407 e. The van der Waals surface area contributed by atoms with Crippen LogP contribution in [0.25, 0.3) is 0 Å². The molecule has 0 aliphatic carbocycles. The van der Waals surface area contributed by atoms with Crippen molar-refractivity contribution in [3.8, 4) is 0 Å². The van der Waals surface area contributed by atoms with Gasteiger partial charge in [-0.05, 0) is 57.9 Å². The van der Waals surface area contributed by atoms with E-state index in [2.05, 4.69) is 21.2 Å². The first-order chi connectivity index (χ1) is 11.7. The number of amides is 2. The molecule has 7 heteroatoms. The Morgan fingerprint density at radius 2 is 1.84 bits per heavy atom. The SMILES string of the molecule is CC(C)(C)OC(=O)NC1CCN(C(=O)CSc2ccc(Br)cc2)CC1.